The first-order valence-corrected chi connectivity index (χ1v) is 3.16. The van der Waals surface area contributed by atoms with E-state index in [1.165, 1.54) is 7.11 Å². The molecule has 10 heavy (non-hydrogen) atoms. The molecular formula is C6H11NO3. The van der Waals surface area contributed by atoms with Gasteiger partial charge in [-0.3, -0.25) is 5.32 Å². The monoisotopic (exact) mass is 145 g/mol. The Kier molecular flexibility index (Phi) is 1.92. The summed E-state index contributed by atoms with van der Waals surface area (Å²) in [5.41, 5.74) is -0.908. The average molecular weight is 145 g/mol. The molecule has 4 heteroatoms. The molecule has 1 fully saturated rings. The van der Waals surface area contributed by atoms with E-state index in [9.17, 15) is 4.79 Å². The molecule has 1 unspecified atom stereocenters. The number of carbonyl (C=O) groups excluding carboxylic acids is 1. The van der Waals surface area contributed by atoms with E-state index in [-0.39, 0.29) is 5.97 Å². The Labute approximate surface area is 59.5 Å². The molecule has 1 saturated heterocycles. The Bertz CT molecular complexity index is 140. The largest absolute Gasteiger partial charge is 0.466 e. The van der Waals surface area contributed by atoms with Gasteiger partial charge in [0.2, 0.25) is 5.72 Å². The first-order chi connectivity index (χ1) is 4.69. The van der Waals surface area contributed by atoms with Gasteiger partial charge in [0.25, 0.3) is 0 Å². The molecule has 1 N–H and O–H groups in total. The molecule has 0 radical (unpaired) electrons. The predicted octanol–water partition coefficient (Wildman–Crippen LogP) is -0.505. The summed E-state index contributed by atoms with van der Waals surface area (Å²) in [4.78, 5) is 10.9. The highest BCUT2D eigenvalue weighted by atomic mass is 16.6. The molecule has 1 rings (SSSR count). The standard InChI is InChI=1S/C6H11NO3/c1-6(5(8)9-2)7-3-4-10-6/h7H,3-4H2,1-2H3. The predicted molar refractivity (Wildman–Crippen MR) is 34.4 cm³/mol. The highest BCUT2D eigenvalue weighted by molar-refractivity contribution is 5.78. The fourth-order valence-electron chi connectivity index (χ4n) is 0.922. The van der Waals surface area contributed by atoms with E-state index < -0.39 is 5.72 Å². The Morgan fingerprint density at radius 1 is 1.80 bits per heavy atom. The minimum atomic E-state index is -0.908. The van der Waals surface area contributed by atoms with Crippen LogP contribution in [0.3, 0.4) is 0 Å². The van der Waals surface area contributed by atoms with Crippen molar-refractivity contribution in [1.82, 2.24) is 5.32 Å². The van der Waals surface area contributed by atoms with Gasteiger partial charge in [0, 0.05) is 6.54 Å². The molecule has 1 atom stereocenters. The summed E-state index contributed by atoms with van der Waals surface area (Å²) in [6.07, 6.45) is 0. The van der Waals surface area contributed by atoms with Gasteiger partial charge in [-0.1, -0.05) is 0 Å². The zero-order valence-electron chi connectivity index (χ0n) is 6.14. The van der Waals surface area contributed by atoms with Crippen molar-refractivity contribution in [3.8, 4) is 0 Å². The van der Waals surface area contributed by atoms with E-state index in [2.05, 4.69) is 10.1 Å². The van der Waals surface area contributed by atoms with Crippen LogP contribution in [0.5, 0.6) is 0 Å². The lowest BCUT2D eigenvalue weighted by Gasteiger charge is -2.19. The molecule has 0 aromatic carbocycles. The Balaban J connectivity index is 2.58. The van der Waals surface area contributed by atoms with Gasteiger partial charge in [0.1, 0.15) is 0 Å². The van der Waals surface area contributed by atoms with E-state index in [0.717, 1.165) is 0 Å². The van der Waals surface area contributed by atoms with Crippen molar-refractivity contribution in [1.29, 1.82) is 0 Å². The fourth-order valence-corrected chi connectivity index (χ4v) is 0.922. The quantitative estimate of drug-likeness (QED) is 0.505. The van der Waals surface area contributed by atoms with Crippen LogP contribution in [0, 0.1) is 0 Å². The Hall–Kier alpha value is -0.610. The van der Waals surface area contributed by atoms with Gasteiger partial charge < -0.3 is 9.47 Å². The minimum Gasteiger partial charge on any atom is -0.466 e. The molecule has 1 heterocycles. The van der Waals surface area contributed by atoms with E-state index in [4.69, 9.17) is 4.74 Å². The van der Waals surface area contributed by atoms with Crippen LogP contribution in [0.1, 0.15) is 6.92 Å². The molecule has 1 aliphatic heterocycles. The van der Waals surface area contributed by atoms with Gasteiger partial charge in [0.15, 0.2) is 0 Å². The van der Waals surface area contributed by atoms with E-state index in [1.54, 1.807) is 6.92 Å². The van der Waals surface area contributed by atoms with Crippen LogP contribution in [0.2, 0.25) is 0 Å². The second kappa shape index (κ2) is 2.56. The third-order valence-electron chi connectivity index (χ3n) is 1.53. The molecule has 0 saturated carbocycles. The summed E-state index contributed by atoms with van der Waals surface area (Å²) in [6.45, 7) is 2.92. The van der Waals surface area contributed by atoms with Crippen LogP contribution in [0.25, 0.3) is 0 Å². The smallest absolute Gasteiger partial charge is 0.353 e. The molecule has 1 aliphatic rings. The molecule has 58 valence electrons. The van der Waals surface area contributed by atoms with Gasteiger partial charge in [-0.05, 0) is 6.92 Å². The molecule has 4 nitrogen and oxygen atoms in total. The van der Waals surface area contributed by atoms with Gasteiger partial charge in [-0.2, -0.15) is 0 Å². The van der Waals surface area contributed by atoms with Gasteiger partial charge in [-0.15, -0.1) is 0 Å². The normalized spacial score (nSPS) is 32.2. The molecule has 0 aliphatic carbocycles. The third kappa shape index (κ3) is 1.12. The molecule has 0 bridgehead atoms. The lowest BCUT2D eigenvalue weighted by Crippen LogP contribution is -2.46. The number of methoxy groups -OCH3 is 1. The van der Waals surface area contributed by atoms with Crippen molar-refractivity contribution < 1.29 is 14.3 Å². The summed E-state index contributed by atoms with van der Waals surface area (Å²) < 4.78 is 9.62. The number of ether oxygens (including phenoxy) is 2. The third-order valence-corrected chi connectivity index (χ3v) is 1.53. The Morgan fingerprint density at radius 3 is 2.90 bits per heavy atom. The molecule has 0 spiro atoms. The number of carbonyl (C=O) groups is 1. The van der Waals surface area contributed by atoms with Crippen molar-refractivity contribution >= 4 is 5.97 Å². The van der Waals surface area contributed by atoms with Crippen molar-refractivity contribution in [2.75, 3.05) is 20.3 Å². The van der Waals surface area contributed by atoms with Crippen molar-refractivity contribution in [3.05, 3.63) is 0 Å². The fraction of sp³-hybridized carbons (Fsp3) is 0.833. The number of hydrogen-bond donors (Lipinski definition) is 1. The number of rotatable bonds is 1. The maximum atomic E-state index is 10.9. The minimum absolute atomic E-state index is 0.370. The second-order valence-corrected chi connectivity index (χ2v) is 2.30. The summed E-state index contributed by atoms with van der Waals surface area (Å²) in [5.74, 6) is -0.370. The zero-order chi connectivity index (χ0) is 7.61. The molecule has 0 amide bonds. The summed E-state index contributed by atoms with van der Waals surface area (Å²) in [7, 11) is 1.34. The maximum absolute atomic E-state index is 10.9. The van der Waals surface area contributed by atoms with Gasteiger partial charge >= 0.3 is 5.97 Å². The van der Waals surface area contributed by atoms with E-state index in [1.807, 2.05) is 0 Å². The number of esters is 1. The zero-order valence-corrected chi connectivity index (χ0v) is 6.14. The van der Waals surface area contributed by atoms with E-state index in [0.29, 0.717) is 13.2 Å². The average Bonchev–Trinajstić information content (AvgIpc) is 2.36. The topological polar surface area (TPSA) is 47.6 Å². The highest BCUT2D eigenvalue weighted by Gasteiger charge is 2.38. The van der Waals surface area contributed by atoms with Crippen molar-refractivity contribution in [2.24, 2.45) is 0 Å². The summed E-state index contributed by atoms with van der Waals surface area (Å²) in [5, 5.41) is 2.89. The van der Waals surface area contributed by atoms with Crippen LogP contribution in [-0.4, -0.2) is 32.0 Å². The van der Waals surface area contributed by atoms with Crippen LogP contribution in [-0.2, 0) is 14.3 Å². The van der Waals surface area contributed by atoms with Crippen LogP contribution < -0.4 is 5.32 Å². The number of hydrogen-bond acceptors (Lipinski definition) is 4. The van der Waals surface area contributed by atoms with Crippen LogP contribution in [0.15, 0.2) is 0 Å². The van der Waals surface area contributed by atoms with E-state index >= 15 is 0 Å². The first kappa shape index (κ1) is 7.50. The second-order valence-electron chi connectivity index (χ2n) is 2.30. The molecule has 0 aromatic rings. The maximum Gasteiger partial charge on any atom is 0.353 e. The van der Waals surface area contributed by atoms with Gasteiger partial charge in [-0.25, -0.2) is 4.79 Å². The first-order valence-electron chi connectivity index (χ1n) is 3.16. The SMILES string of the molecule is COC(=O)C1(C)NCCO1. The summed E-state index contributed by atoms with van der Waals surface area (Å²) >= 11 is 0. The van der Waals surface area contributed by atoms with Crippen molar-refractivity contribution in [2.45, 2.75) is 12.6 Å². The van der Waals surface area contributed by atoms with Crippen LogP contribution >= 0.6 is 0 Å². The lowest BCUT2D eigenvalue weighted by molar-refractivity contribution is -0.163. The lowest BCUT2D eigenvalue weighted by atomic mass is 10.3. The molecular weight excluding hydrogens is 134 g/mol. The van der Waals surface area contributed by atoms with Crippen molar-refractivity contribution in [3.63, 3.8) is 0 Å². The highest BCUT2D eigenvalue weighted by Crippen LogP contribution is 2.12. The number of nitrogens with one attached hydrogen (secondary N) is 1. The summed E-state index contributed by atoms with van der Waals surface area (Å²) in [6, 6.07) is 0. The van der Waals surface area contributed by atoms with Crippen LogP contribution in [0.4, 0.5) is 0 Å². The Morgan fingerprint density at radius 2 is 2.50 bits per heavy atom. The molecule has 0 aromatic heterocycles. The van der Waals surface area contributed by atoms with Gasteiger partial charge in [0.05, 0.1) is 13.7 Å².